The SMILES string of the molecule is CC1=CC[C@H](CC#N)N(S(=O)(=O)c2ccc(C)cc2)[C@@H]1COCc1ccccc1. The van der Waals surface area contributed by atoms with E-state index >= 15 is 0 Å². The summed E-state index contributed by atoms with van der Waals surface area (Å²) in [7, 11) is -3.77. The molecule has 0 fully saturated rings. The van der Waals surface area contributed by atoms with Gasteiger partial charge in [-0.05, 0) is 38.0 Å². The van der Waals surface area contributed by atoms with Gasteiger partial charge in [-0.3, -0.25) is 0 Å². The van der Waals surface area contributed by atoms with E-state index < -0.39 is 22.1 Å². The second-order valence-corrected chi connectivity index (χ2v) is 9.21. The van der Waals surface area contributed by atoms with Crippen molar-refractivity contribution < 1.29 is 13.2 Å². The van der Waals surface area contributed by atoms with Crippen molar-refractivity contribution in [3.8, 4) is 6.07 Å². The van der Waals surface area contributed by atoms with Gasteiger partial charge in [-0.2, -0.15) is 9.57 Å². The van der Waals surface area contributed by atoms with Gasteiger partial charge in [0.25, 0.3) is 0 Å². The van der Waals surface area contributed by atoms with Crippen LogP contribution in [0.5, 0.6) is 0 Å². The Bertz CT molecular complexity index is 993. The molecular weight excluding hydrogens is 384 g/mol. The van der Waals surface area contributed by atoms with E-state index in [0.717, 1.165) is 16.7 Å². The van der Waals surface area contributed by atoms with Crippen molar-refractivity contribution in [3.05, 3.63) is 77.4 Å². The molecule has 0 bridgehead atoms. The van der Waals surface area contributed by atoms with E-state index in [2.05, 4.69) is 6.07 Å². The number of aryl methyl sites for hydroxylation is 1. The zero-order valence-corrected chi connectivity index (χ0v) is 17.6. The minimum Gasteiger partial charge on any atom is -0.375 e. The van der Waals surface area contributed by atoms with Crippen LogP contribution in [0, 0.1) is 18.3 Å². The molecule has 0 spiro atoms. The Hall–Kier alpha value is -2.46. The third-order valence-electron chi connectivity index (χ3n) is 5.22. The fourth-order valence-corrected chi connectivity index (χ4v) is 5.40. The summed E-state index contributed by atoms with van der Waals surface area (Å²) in [4.78, 5) is 0.244. The molecular formula is C23H26N2O3S. The number of nitriles is 1. The smallest absolute Gasteiger partial charge is 0.243 e. The fraction of sp³-hybridized carbons (Fsp3) is 0.348. The highest BCUT2D eigenvalue weighted by molar-refractivity contribution is 7.89. The number of hydrogen-bond donors (Lipinski definition) is 0. The lowest BCUT2D eigenvalue weighted by molar-refractivity contribution is 0.0753. The summed E-state index contributed by atoms with van der Waals surface area (Å²) >= 11 is 0. The number of hydrogen-bond acceptors (Lipinski definition) is 4. The van der Waals surface area contributed by atoms with Crippen LogP contribution in [0.1, 0.15) is 30.9 Å². The molecule has 0 N–H and O–H groups in total. The maximum Gasteiger partial charge on any atom is 0.243 e. The number of rotatable bonds is 7. The standard InChI is InChI=1S/C23H26N2O3S/c1-18-8-12-22(13-9-18)29(26,27)25-21(14-15-24)11-10-19(2)23(25)17-28-16-20-6-4-3-5-7-20/h3-10,12-13,21,23H,11,14,16-17H2,1-2H3/t21-,23-/m1/s1. The minimum absolute atomic E-state index is 0.143. The quantitative estimate of drug-likeness (QED) is 0.641. The zero-order chi connectivity index (χ0) is 20.9. The molecule has 1 aliphatic heterocycles. The molecule has 2 atom stereocenters. The lowest BCUT2D eigenvalue weighted by atomic mass is 9.98. The predicted molar refractivity (Wildman–Crippen MR) is 112 cm³/mol. The lowest BCUT2D eigenvalue weighted by Crippen LogP contribution is -2.51. The Kier molecular flexibility index (Phi) is 6.86. The first-order valence-corrected chi connectivity index (χ1v) is 11.1. The molecule has 29 heavy (non-hydrogen) atoms. The van der Waals surface area contributed by atoms with E-state index in [-0.39, 0.29) is 17.9 Å². The maximum absolute atomic E-state index is 13.5. The summed E-state index contributed by atoms with van der Waals surface area (Å²) in [6, 6.07) is 17.9. The Morgan fingerprint density at radius 3 is 2.45 bits per heavy atom. The normalized spacial score (nSPS) is 20.1. The molecule has 0 aromatic heterocycles. The first-order valence-electron chi connectivity index (χ1n) is 9.69. The highest BCUT2D eigenvalue weighted by Gasteiger charge is 2.40. The van der Waals surface area contributed by atoms with Crippen LogP contribution in [0.3, 0.4) is 0 Å². The van der Waals surface area contributed by atoms with E-state index in [4.69, 9.17) is 4.74 Å². The number of sulfonamides is 1. The molecule has 0 aliphatic carbocycles. The van der Waals surface area contributed by atoms with Crippen LogP contribution in [0.15, 0.2) is 71.1 Å². The number of nitrogens with zero attached hydrogens (tertiary/aromatic N) is 2. The first-order chi connectivity index (χ1) is 13.9. The van der Waals surface area contributed by atoms with Gasteiger partial charge in [0, 0.05) is 6.04 Å². The van der Waals surface area contributed by atoms with Crippen molar-refractivity contribution in [2.45, 2.75) is 50.3 Å². The zero-order valence-electron chi connectivity index (χ0n) is 16.8. The predicted octanol–water partition coefficient (Wildman–Crippen LogP) is 4.20. The molecule has 0 saturated carbocycles. The summed E-state index contributed by atoms with van der Waals surface area (Å²) in [5, 5.41) is 9.26. The Labute approximate surface area is 173 Å². The third-order valence-corrected chi connectivity index (χ3v) is 7.19. The van der Waals surface area contributed by atoms with E-state index in [0.29, 0.717) is 13.0 Å². The molecule has 2 aromatic carbocycles. The Morgan fingerprint density at radius 1 is 1.10 bits per heavy atom. The highest BCUT2D eigenvalue weighted by Crippen LogP contribution is 2.31. The van der Waals surface area contributed by atoms with Gasteiger partial charge in [-0.15, -0.1) is 0 Å². The second-order valence-electron chi connectivity index (χ2n) is 7.36. The van der Waals surface area contributed by atoms with E-state index in [1.54, 1.807) is 24.3 Å². The van der Waals surface area contributed by atoms with Gasteiger partial charge in [0.15, 0.2) is 0 Å². The van der Waals surface area contributed by atoms with Gasteiger partial charge in [-0.1, -0.05) is 59.7 Å². The van der Waals surface area contributed by atoms with Crippen LogP contribution >= 0.6 is 0 Å². The molecule has 0 unspecified atom stereocenters. The van der Waals surface area contributed by atoms with Gasteiger partial charge in [0.2, 0.25) is 10.0 Å². The summed E-state index contributed by atoms with van der Waals surface area (Å²) in [6.07, 6.45) is 2.70. The van der Waals surface area contributed by atoms with E-state index in [9.17, 15) is 13.7 Å². The van der Waals surface area contributed by atoms with Gasteiger partial charge < -0.3 is 4.74 Å². The van der Waals surface area contributed by atoms with Crippen molar-refractivity contribution in [1.82, 2.24) is 4.31 Å². The summed E-state index contributed by atoms with van der Waals surface area (Å²) in [5.41, 5.74) is 2.98. The number of ether oxygens (including phenoxy) is 1. The molecule has 2 aromatic rings. The van der Waals surface area contributed by atoms with Gasteiger partial charge >= 0.3 is 0 Å². The molecule has 3 rings (SSSR count). The second kappa shape index (κ2) is 9.36. The third kappa shape index (κ3) is 4.94. The Balaban J connectivity index is 1.88. The van der Waals surface area contributed by atoms with Gasteiger partial charge in [-0.25, -0.2) is 8.42 Å². The summed E-state index contributed by atoms with van der Waals surface area (Å²) < 4.78 is 34.4. The van der Waals surface area contributed by atoms with Crippen LogP contribution in [0.2, 0.25) is 0 Å². The first kappa shape index (κ1) is 21.3. The van der Waals surface area contributed by atoms with E-state index in [1.807, 2.05) is 50.3 Å². The average Bonchev–Trinajstić information content (AvgIpc) is 2.71. The molecule has 152 valence electrons. The van der Waals surface area contributed by atoms with E-state index in [1.165, 1.54) is 4.31 Å². The topological polar surface area (TPSA) is 70.4 Å². The fourth-order valence-electron chi connectivity index (χ4n) is 3.56. The largest absolute Gasteiger partial charge is 0.375 e. The monoisotopic (exact) mass is 410 g/mol. The molecule has 6 heteroatoms. The molecule has 5 nitrogen and oxygen atoms in total. The van der Waals surface area contributed by atoms with Crippen LogP contribution in [0.25, 0.3) is 0 Å². The van der Waals surface area contributed by atoms with Gasteiger partial charge in [0.05, 0.1) is 36.6 Å². The van der Waals surface area contributed by atoms with Crippen LogP contribution in [0.4, 0.5) is 0 Å². The van der Waals surface area contributed by atoms with Crippen molar-refractivity contribution in [2.24, 2.45) is 0 Å². The highest BCUT2D eigenvalue weighted by atomic mass is 32.2. The molecule has 1 heterocycles. The minimum atomic E-state index is -3.77. The van der Waals surface area contributed by atoms with Crippen molar-refractivity contribution >= 4 is 10.0 Å². The summed E-state index contributed by atoms with van der Waals surface area (Å²) in [6.45, 7) is 4.50. The average molecular weight is 411 g/mol. The molecule has 0 amide bonds. The molecule has 1 aliphatic rings. The lowest BCUT2D eigenvalue weighted by Gasteiger charge is -2.39. The Morgan fingerprint density at radius 2 is 1.79 bits per heavy atom. The van der Waals surface area contributed by atoms with Crippen molar-refractivity contribution in [3.63, 3.8) is 0 Å². The van der Waals surface area contributed by atoms with Crippen LogP contribution < -0.4 is 0 Å². The van der Waals surface area contributed by atoms with Crippen molar-refractivity contribution in [2.75, 3.05) is 6.61 Å². The molecule has 0 radical (unpaired) electrons. The van der Waals surface area contributed by atoms with Crippen molar-refractivity contribution in [1.29, 1.82) is 5.26 Å². The van der Waals surface area contributed by atoms with Gasteiger partial charge in [0.1, 0.15) is 0 Å². The summed E-state index contributed by atoms with van der Waals surface area (Å²) in [5.74, 6) is 0. The maximum atomic E-state index is 13.5. The molecule has 0 saturated heterocycles. The van der Waals surface area contributed by atoms with Crippen LogP contribution in [-0.4, -0.2) is 31.4 Å². The number of benzene rings is 2. The van der Waals surface area contributed by atoms with Crippen LogP contribution in [-0.2, 0) is 21.4 Å².